The van der Waals surface area contributed by atoms with Crippen molar-refractivity contribution < 1.29 is 37.9 Å². The molecule has 0 radical (unpaired) electrons. The van der Waals surface area contributed by atoms with Crippen molar-refractivity contribution in [3.05, 3.63) is 31.4 Å². The second-order valence-corrected chi connectivity index (χ2v) is 10.3. The third kappa shape index (κ3) is 7.96. The number of esters is 1. The van der Waals surface area contributed by atoms with Crippen molar-refractivity contribution in [1.29, 1.82) is 0 Å². The molecule has 1 N–H and O–H groups in total. The van der Waals surface area contributed by atoms with Crippen molar-refractivity contribution in [2.24, 2.45) is 11.8 Å². The summed E-state index contributed by atoms with van der Waals surface area (Å²) in [6.45, 7) is 18.7. The molecule has 1 aromatic heterocycles. The fraction of sp³-hybridized carbons (Fsp3) is 0.680. The average molecular weight is 468 g/mol. The van der Waals surface area contributed by atoms with E-state index in [0.29, 0.717) is 30.2 Å². The van der Waals surface area contributed by atoms with Crippen LogP contribution in [0.3, 0.4) is 0 Å². The molecule has 1 aromatic rings. The van der Waals surface area contributed by atoms with Crippen LogP contribution < -0.4 is 24.2 Å². The maximum Gasteiger partial charge on any atom is 1.00 e. The summed E-state index contributed by atoms with van der Waals surface area (Å²) in [6.07, 6.45) is 3.84. The number of carbonyl (C=O) groups excluding carboxylic acids is 2. The largest absolute Gasteiger partial charge is 1.00 e. The smallest absolute Gasteiger partial charge is 0.471 e. The van der Waals surface area contributed by atoms with Gasteiger partial charge in [-0.25, -0.2) is 9.97 Å². The molecule has 1 saturated carbocycles. The summed E-state index contributed by atoms with van der Waals surface area (Å²) >= 11 is 0. The average Bonchev–Trinajstić information content (AvgIpc) is 2.71. The summed E-state index contributed by atoms with van der Waals surface area (Å²) in [4.78, 5) is 36.5. The molecule has 0 spiro atoms. The molecule has 0 aliphatic heterocycles. The molecule has 0 saturated heterocycles. The Balaban J connectivity index is 0.00000578. The summed E-state index contributed by atoms with van der Waals surface area (Å²) in [5.41, 5.74) is 0.137. The van der Waals surface area contributed by atoms with Crippen molar-refractivity contribution in [2.45, 2.75) is 77.5 Å². The van der Waals surface area contributed by atoms with Gasteiger partial charge in [0, 0.05) is 31.3 Å². The molecule has 0 aromatic carbocycles. The van der Waals surface area contributed by atoms with Crippen LogP contribution in [0.1, 0.15) is 70.1 Å². The topological polar surface area (TPSA) is 93.7 Å². The predicted molar refractivity (Wildman–Crippen MR) is 129 cm³/mol. The number of rotatable bonds is 10. The van der Waals surface area contributed by atoms with Gasteiger partial charge in [-0.2, -0.15) is 0 Å². The molecule has 0 unspecified atom stereocenters. The van der Waals surface area contributed by atoms with Crippen LogP contribution in [0.25, 0.3) is 0 Å². The number of nitrogens with zero attached hydrogens (tertiary/aromatic N) is 3. The van der Waals surface area contributed by atoms with Gasteiger partial charge in [0.1, 0.15) is 17.2 Å². The van der Waals surface area contributed by atoms with Crippen LogP contribution in [0.5, 0.6) is 0 Å². The number of carbonyl (C=O) groups is 2. The van der Waals surface area contributed by atoms with Crippen LogP contribution in [-0.4, -0.2) is 65.7 Å². The molecule has 0 bridgehead atoms. The van der Waals surface area contributed by atoms with E-state index in [4.69, 9.17) is 14.5 Å². The molecule has 1 aliphatic rings. The quantitative estimate of drug-likeness (QED) is 0.307. The number of nitrogens with one attached hydrogen (secondary N) is 1. The van der Waals surface area contributed by atoms with E-state index in [1.807, 2.05) is 34.6 Å². The molecule has 1 heterocycles. The van der Waals surface area contributed by atoms with E-state index in [1.165, 1.54) is 7.11 Å². The van der Waals surface area contributed by atoms with Gasteiger partial charge in [0.15, 0.2) is 0 Å². The summed E-state index contributed by atoms with van der Waals surface area (Å²) < 4.78 is 10.2. The molecule has 2 rings (SSSR count). The number of hydrogen-bond acceptors (Lipinski definition) is 7. The molecule has 1 fully saturated rings. The molecule has 1 amide bonds. The van der Waals surface area contributed by atoms with Crippen LogP contribution >= 0.6 is 0 Å². The SMILES string of the molecule is [CH2-][C@H](C[C@H]([CH2-])C(=O)OC)N(CC(C)C)C(=O)c1cnc(C(C)(C)C)nc1NC1CC(OC)C1.[Li+]. The van der Waals surface area contributed by atoms with Gasteiger partial charge in [-0.15, -0.1) is 0 Å². The van der Waals surface area contributed by atoms with Crippen LogP contribution in [0.4, 0.5) is 5.82 Å². The fourth-order valence-corrected chi connectivity index (χ4v) is 3.74. The minimum atomic E-state index is -0.613. The van der Waals surface area contributed by atoms with E-state index in [2.05, 4.69) is 24.1 Å². The van der Waals surface area contributed by atoms with Crippen molar-refractivity contribution in [2.75, 3.05) is 26.1 Å². The molecule has 9 heteroatoms. The third-order valence-electron chi connectivity index (χ3n) is 5.81. The zero-order chi connectivity index (χ0) is 24.9. The third-order valence-corrected chi connectivity index (χ3v) is 5.81. The van der Waals surface area contributed by atoms with Gasteiger partial charge in [0.2, 0.25) is 0 Å². The molecular formula is C25H40LiN4O4-. The normalized spacial score (nSPS) is 19.5. The number of ether oxygens (including phenoxy) is 2. The van der Waals surface area contributed by atoms with Crippen LogP contribution in [0.2, 0.25) is 0 Å². The van der Waals surface area contributed by atoms with Gasteiger partial charge in [0.05, 0.1) is 13.2 Å². The molecule has 34 heavy (non-hydrogen) atoms. The van der Waals surface area contributed by atoms with Crippen LogP contribution in [-0.2, 0) is 19.7 Å². The van der Waals surface area contributed by atoms with E-state index >= 15 is 0 Å². The summed E-state index contributed by atoms with van der Waals surface area (Å²) in [6, 6.07) is -0.278. The Hall–Kier alpha value is -1.62. The fourth-order valence-electron chi connectivity index (χ4n) is 3.74. The number of aromatic nitrogens is 2. The van der Waals surface area contributed by atoms with Crippen LogP contribution in [0, 0.1) is 25.7 Å². The molecule has 186 valence electrons. The Morgan fingerprint density at radius 1 is 1.24 bits per heavy atom. The molecule has 1 aliphatic carbocycles. The first kappa shape index (κ1) is 30.4. The van der Waals surface area contributed by atoms with Gasteiger partial charge < -0.3 is 33.5 Å². The van der Waals surface area contributed by atoms with Crippen molar-refractivity contribution in [1.82, 2.24) is 14.9 Å². The van der Waals surface area contributed by atoms with Gasteiger partial charge in [0.25, 0.3) is 11.9 Å². The summed E-state index contributed by atoms with van der Waals surface area (Å²) in [7, 11) is 3.04. The Bertz CT molecular complexity index is 822. The number of anilines is 1. The van der Waals surface area contributed by atoms with Crippen LogP contribution in [0.15, 0.2) is 6.20 Å². The van der Waals surface area contributed by atoms with E-state index in [1.54, 1.807) is 18.2 Å². The first-order chi connectivity index (χ1) is 15.4. The maximum atomic E-state index is 13.7. The van der Waals surface area contributed by atoms with E-state index in [9.17, 15) is 9.59 Å². The standard InChI is InChI=1S/C25H40N4O4.Li/c1-15(2)14-29(17(4)10-16(3)23(31)33-9)22(30)20-13-26-24(25(5,6)7)28-21(20)27-18-11-19(12-18)32-8;/h13,15-19H,3-4,10-12,14H2,1-2,5-9H3,(H,26,27,28);/q-2;+1/t16-,17+,18?,19?;/m0./s1. The summed E-state index contributed by atoms with van der Waals surface area (Å²) in [5, 5.41) is 3.43. The number of hydrogen-bond donors (Lipinski definition) is 1. The van der Waals surface area contributed by atoms with Gasteiger partial charge >= 0.3 is 18.9 Å². The minimum Gasteiger partial charge on any atom is -0.471 e. The zero-order valence-electron chi connectivity index (χ0n) is 22.2. The predicted octanol–water partition coefficient (Wildman–Crippen LogP) is 0.682. The first-order valence-electron chi connectivity index (χ1n) is 11.6. The zero-order valence-corrected chi connectivity index (χ0v) is 22.2. The first-order valence-corrected chi connectivity index (χ1v) is 11.6. The molecule has 8 nitrogen and oxygen atoms in total. The Kier molecular flexibility index (Phi) is 11.5. The van der Waals surface area contributed by atoms with Crippen molar-refractivity contribution in [3.63, 3.8) is 0 Å². The Labute approximate surface area is 217 Å². The van der Waals surface area contributed by atoms with Crippen molar-refractivity contribution in [3.8, 4) is 0 Å². The second kappa shape index (κ2) is 12.9. The van der Waals surface area contributed by atoms with E-state index in [0.717, 1.165) is 12.8 Å². The second-order valence-electron chi connectivity index (χ2n) is 10.3. The van der Waals surface area contributed by atoms with E-state index in [-0.39, 0.29) is 48.2 Å². The van der Waals surface area contributed by atoms with E-state index < -0.39 is 17.9 Å². The number of amides is 1. The van der Waals surface area contributed by atoms with Crippen molar-refractivity contribution >= 4 is 17.7 Å². The van der Waals surface area contributed by atoms with Gasteiger partial charge in [-0.05, 0) is 18.8 Å². The molecule has 2 atom stereocenters. The summed E-state index contributed by atoms with van der Waals surface area (Å²) in [5.74, 6) is 0.150. The number of methoxy groups -OCH3 is 2. The van der Waals surface area contributed by atoms with Gasteiger partial charge in [-0.3, -0.25) is 9.59 Å². The maximum absolute atomic E-state index is 13.7. The molecular weight excluding hydrogens is 427 g/mol. The monoisotopic (exact) mass is 467 g/mol. The Morgan fingerprint density at radius 2 is 1.85 bits per heavy atom. The minimum absolute atomic E-state index is 0. The Morgan fingerprint density at radius 3 is 2.35 bits per heavy atom. The van der Waals surface area contributed by atoms with Gasteiger partial charge in [-0.1, -0.05) is 53.0 Å².